The van der Waals surface area contributed by atoms with Crippen molar-refractivity contribution in [1.29, 1.82) is 0 Å². The number of para-hydroxylation sites is 1. The first-order valence-electron chi connectivity index (χ1n) is 15.7. The fourth-order valence-corrected chi connectivity index (χ4v) is 5.25. The summed E-state index contributed by atoms with van der Waals surface area (Å²) in [5.41, 5.74) is 12.2. The Hall–Kier alpha value is -5.34. The molecule has 5 rings (SSSR count). The second kappa shape index (κ2) is 16.5. The van der Waals surface area contributed by atoms with Crippen LogP contribution in [0.1, 0.15) is 38.8 Å². The van der Waals surface area contributed by atoms with Crippen LogP contribution in [0.2, 0.25) is 0 Å². The molecule has 5 aromatic carbocycles. The Morgan fingerprint density at radius 1 is 0.667 bits per heavy atom. The minimum absolute atomic E-state index is 0.860. The lowest BCUT2D eigenvalue weighted by atomic mass is 9.97. The van der Waals surface area contributed by atoms with Crippen LogP contribution in [0, 0.1) is 6.92 Å². The van der Waals surface area contributed by atoms with Gasteiger partial charge in [0.05, 0.1) is 5.69 Å². The van der Waals surface area contributed by atoms with Crippen LogP contribution in [0.3, 0.4) is 0 Å². The van der Waals surface area contributed by atoms with Gasteiger partial charge in [0.15, 0.2) is 0 Å². The lowest BCUT2D eigenvalue weighted by molar-refractivity contribution is 1.05. The van der Waals surface area contributed by atoms with Gasteiger partial charge in [0.1, 0.15) is 0 Å². The van der Waals surface area contributed by atoms with E-state index in [1.54, 1.807) is 0 Å². The summed E-state index contributed by atoms with van der Waals surface area (Å²) in [5, 5.41) is 3.50. The Labute approximate surface area is 270 Å². The molecule has 0 saturated heterocycles. The summed E-state index contributed by atoms with van der Waals surface area (Å²) in [4.78, 5) is 2.25. The van der Waals surface area contributed by atoms with E-state index in [4.69, 9.17) is 0 Å². The number of nitrogens with zero attached hydrogens (tertiary/aromatic N) is 1. The van der Waals surface area contributed by atoms with Crippen molar-refractivity contribution < 1.29 is 0 Å². The Balaban J connectivity index is 0.00000226. The first-order valence-corrected chi connectivity index (χ1v) is 15.7. The van der Waals surface area contributed by atoms with Gasteiger partial charge < -0.3 is 10.2 Å². The lowest BCUT2D eigenvalue weighted by Gasteiger charge is -2.29. The molecule has 0 saturated carbocycles. The van der Waals surface area contributed by atoms with Crippen molar-refractivity contribution in [3.63, 3.8) is 0 Å². The monoisotopic (exact) mass is 588 g/mol. The molecule has 45 heavy (non-hydrogen) atoms. The van der Waals surface area contributed by atoms with Crippen molar-refractivity contribution in [3.05, 3.63) is 187 Å². The number of benzene rings is 5. The summed E-state index contributed by atoms with van der Waals surface area (Å²) in [6.07, 6.45) is 8.33. The second-order valence-corrected chi connectivity index (χ2v) is 10.5. The summed E-state index contributed by atoms with van der Waals surface area (Å²) in [5.74, 6) is 0. The maximum absolute atomic E-state index is 4.58. The van der Waals surface area contributed by atoms with E-state index in [1.807, 2.05) is 32.9 Å². The van der Waals surface area contributed by atoms with Crippen LogP contribution in [0.4, 0.5) is 11.4 Å². The molecule has 0 aliphatic carbocycles. The van der Waals surface area contributed by atoms with E-state index < -0.39 is 0 Å². The fourth-order valence-electron chi connectivity index (χ4n) is 5.25. The highest BCUT2D eigenvalue weighted by Gasteiger charge is 2.18. The van der Waals surface area contributed by atoms with E-state index in [0.29, 0.717) is 0 Å². The Bertz CT molecular complexity index is 1760. The van der Waals surface area contributed by atoms with Crippen molar-refractivity contribution >= 4 is 16.9 Å². The molecule has 0 spiro atoms. The maximum Gasteiger partial charge on any atom is 0.0539 e. The van der Waals surface area contributed by atoms with Gasteiger partial charge in [-0.3, -0.25) is 0 Å². The third-order valence-corrected chi connectivity index (χ3v) is 7.39. The molecule has 226 valence electrons. The molecular formula is C43H44N2. The van der Waals surface area contributed by atoms with E-state index >= 15 is 0 Å². The van der Waals surface area contributed by atoms with Gasteiger partial charge in [0.2, 0.25) is 0 Å². The molecule has 0 fully saturated rings. The minimum Gasteiger partial charge on any atom is -0.365 e. The summed E-state index contributed by atoms with van der Waals surface area (Å²) in [6.45, 7) is 14.9. The van der Waals surface area contributed by atoms with Crippen LogP contribution in [0.5, 0.6) is 0 Å². The molecule has 0 aromatic heterocycles. The van der Waals surface area contributed by atoms with E-state index in [0.717, 1.165) is 39.5 Å². The molecule has 2 heteroatoms. The number of hydrogen-bond acceptors (Lipinski definition) is 2. The average Bonchev–Trinajstić information content (AvgIpc) is 3.09. The molecule has 0 atom stereocenters. The van der Waals surface area contributed by atoms with Gasteiger partial charge in [-0.25, -0.2) is 0 Å². The lowest BCUT2D eigenvalue weighted by Crippen LogP contribution is -2.17. The zero-order chi connectivity index (χ0) is 32.0. The highest BCUT2D eigenvalue weighted by atomic mass is 15.1. The number of allylic oxidation sites excluding steroid dienone is 5. The van der Waals surface area contributed by atoms with Gasteiger partial charge in [-0.15, -0.1) is 0 Å². The number of hydrogen-bond donors (Lipinski definition) is 1. The summed E-state index contributed by atoms with van der Waals surface area (Å²) < 4.78 is 0. The predicted octanol–water partition coefficient (Wildman–Crippen LogP) is 12.1. The number of nitrogens with one attached hydrogen (secondary N) is 1. The highest BCUT2D eigenvalue weighted by molar-refractivity contribution is 5.86. The van der Waals surface area contributed by atoms with Gasteiger partial charge in [0.25, 0.3) is 0 Å². The van der Waals surface area contributed by atoms with Gasteiger partial charge in [0, 0.05) is 28.8 Å². The van der Waals surface area contributed by atoms with Crippen LogP contribution in [0.25, 0.3) is 27.8 Å². The molecule has 2 nitrogen and oxygen atoms in total. The van der Waals surface area contributed by atoms with Gasteiger partial charge in [-0.05, 0) is 78.4 Å². The first kappa shape index (κ1) is 32.6. The van der Waals surface area contributed by atoms with E-state index in [2.05, 4.69) is 176 Å². The zero-order valence-electron chi connectivity index (χ0n) is 27.2. The van der Waals surface area contributed by atoms with E-state index in [-0.39, 0.29) is 0 Å². The van der Waals surface area contributed by atoms with Gasteiger partial charge in [-0.2, -0.15) is 0 Å². The summed E-state index contributed by atoms with van der Waals surface area (Å²) >= 11 is 0. The standard InChI is InChI=1S/C41H38N2.C2H6/c1-5-16-37(35-20-10-7-11-21-35)30-42-32(3)29-33(4)43(38-27-25-36(26-28-38)34-18-8-6-9-19-34)41-24-15-14-23-40(41)39-22-13-12-17-31(39)2;1-2/h5-30,42H,4H2,1-3H3;1-2H3/b16-5-,32-29+,37-30+;. The summed E-state index contributed by atoms with van der Waals surface area (Å²) in [7, 11) is 0. The van der Waals surface area contributed by atoms with Gasteiger partial charge >= 0.3 is 0 Å². The highest BCUT2D eigenvalue weighted by Crippen LogP contribution is 2.39. The molecule has 0 aliphatic rings. The first-order chi connectivity index (χ1) is 22.0. The largest absolute Gasteiger partial charge is 0.365 e. The molecule has 0 bridgehead atoms. The van der Waals surface area contributed by atoms with Crippen molar-refractivity contribution in [3.8, 4) is 22.3 Å². The maximum atomic E-state index is 4.58. The molecule has 0 heterocycles. The topological polar surface area (TPSA) is 15.3 Å². The van der Waals surface area contributed by atoms with Crippen molar-refractivity contribution in [1.82, 2.24) is 5.32 Å². The Kier molecular flexibility index (Phi) is 11.9. The minimum atomic E-state index is 0.860. The average molecular weight is 589 g/mol. The SMILES string of the molecule is C=C(/C=C(\C)N/C=C(\C=C/C)c1ccccc1)N(c1ccc(-c2ccccc2)cc1)c1ccccc1-c1ccccc1C.CC. The molecule has 5 aromatic rings. The molecule has 0 amide bonds. The van der Waals surface area contributed by atoms with E-state index in [9.17, 15) is 0 Å². The zero-order valence-corrected chi connectivity index (χ0v) is 27.2. The van der Waals surface area contributed by atoms with Crippen molar-refractivity contribution in [2.24, 2.45) is 0 Å². The smallest absolute Gasteiger partial charge is 0.0539 e. The quantitative estimate of drug-likeness (QED) is 0.163. The predicted molar refractivity (Wildman–Crippen MR) is 197 cm³/mol. The Morgan fingerprint density at radius 3 is 1.87 bits per heavy atom. The van der Waals surface area contributed by atoms with Crippen LogP contribution in [-0.4, -0.2) is 0 Å². The summed E-state index contributed by atoms with van der Waals surface area (Å²) in [6, 6.07) is 46.7. The third-order valence-electron chi connectivity index (χ3n) is 7.39. The number of anilines is 2. The third kappa shape index (κ3) is 8.40. The van der Waals surface area contributed by atoms with Crippen molar-refractivity contribution in [2.45, 2.75) is 34.6 Å². The number of aryl methyl sites for hydroxylation is 1. The number of rotatable bonds is 10. The molecular weight excluding hydrogens is 544 g/mol. The van der Waals surface area contributed by atoms with E-state index in [1.165, 1.54) is 22.3 Å². The Morgan fingerprint density at radius 2 is 1.22 bits per heavy atom. The normalized spacial score (nSPS) is 11.5. The second-order valence-electron chi connectivity index (χ2n) is 10.5. The van der Waals surface area contributed by atoms with Crippen LogP contribution in [-0.2, 0) is 0 Å². The van der Waals surface area contributed by atoms with Crippen molar-refractivity contribution in [2.75, 3.05) is 4.90 Å². The fraction of sp³-hybridized carbons (Fsp3) is 0.116. The molecule has 0 unspecified atom stereocenters. The van der Waals surface area contributed by atoms with Crippen LogP contribution < -0.4 is 10.2 Å². The molecule has 0 aliphatic heterocycles. The van der Waals surface area contributed by atoms with Crippen LogP contribution >= 0.6 is 0 Å². The molecule has 1 N–H and O–H groups in total. The van der Waals surface area contributed by atoms with Gasteiger partial charge in [-0.1, -0.05) is 148 Å². The molecule has 0 radical (unpaired) electrons. The van der Waals surface area contributed by atoms with Crippen LogP contribution in [0.15, 0.2) is 176 Å².